The summed E-state index contributed by atoms with van der Waals surface area (Å²) in [6, 6.07) is 20.0. The van der Waals surface area contributed by atoms with Crippen molar-refractivity contribution in [3.63, 3.8) is 0 Å². The molecule has 0 bridgehead atoms. The summed E-state index contributed by atoms with van der Waals surface area (Å²) in [6.07, 6.45) is 3.80. The molecule has 0 spiro atoms. The second-order valence-electron chi connectivity index (χ2n) is 5.17. The summed E-state index contributed by atoms with van der Waals surface area (Å²) < 4.78 is 1.96. The highest BCUT2D eigenvalue weighted by Gasteiger charge is 2.09. The lowest BCUT2D eigenvalue weighted by atomic mass is 10.1. The maximum absolute atomic E-state index is 12.7. The Hall–Kier alpha value is -2.26. The third kappa shape index (κ3) is 3.31. The van der Waals surface area contributed by atoms with Gasteiger partial charge in [0.15, 0.2) is 0 Å². The summed E-state index contributed by atoms with van der Waals surface area (Å²) in [5, 5.41) is 0. The highest BCUT2D eigenvalue weighted by Crippen LogP contribution is 2.23. The van der Waals surface area contributed by atoms with Crippen LogP contribution in [0.15, 0.2) is 82.7 Å². The van der Waals surface area contributed by atoms with E-state index in [1.54, 1.807) is 11.8 Å². The maximum Gasteiger partial charge on any atom is 0.202 e. The average molecular weight is 307 g/mol. The molecule has 0 atom stereocenters. The quantitative estimate of drug-likeness (QED) is 0.669. The minimum atomic E-state index is 0.102. The van der Waals surface area contributed by atoms with Gasteiger partial charge in [-0.2, -0.15) is 0 Å². The molecule has 0 aliphatic carbocycles. The summed E-state index contributed by atoms with van der Waals surface area (Å²) in [4.78, 5) is 13.5. The highest BCUT2D eigenvalue weighted by molar-refractivity contribution is 7.98. The SMILES string of the molecule is Cn1cc(SCc2ccccc2)c(=O)c(-c2ccccc2)c1. The van der Waals surface area contributed by atoms with Crippen LogP contribution in [0.1, 0.15) is 5.56 Å². The van der Waals surface area contributed by atoms with Gasteiger partial charge in [0.25, 0.3) is 0 Å². The van der Waals surface area contributed by atoms with Crippen molar-refractivity contribution in [2.24, 2.45) is 7.05 Å². The Kier molecular flexibility index (Phi) is 4.45. The predicted octanol–water partition coefficient (Wildman–Crippen LogP) is 4.34. The fourth-order valence-electron chi connectivity index (χ4n) is 2.34. The molecule has 1 heterocycles. The number of aryl methyl sites for hydroxylation is 1. The fourth-order valence-corrected chi connectivity index (χ4v) is 3.33. The van der Waals surface area contributed by atoms with Crippen LogP contribution >= 0.6 is 11.8 Å². The van der Waals surface area contributed by atoms with Crippen LogP contribution in [0.4, 0.5) is 0 Å². The molecule has 3 rings (SSSR count). The van der Waals surface area contributed by atoms with Gasteiger partial charge in [0, 0.05) is 30.8 Å². The van der Waals surface area contributed by atoms with Crippen molar-refractivity contribution >= 4 is 11.8 Å². The van der Waals surface area contributed by atoms with Crippen molar-refractivity contribution in [2.45, 2.75) is 10.6 Å². The maximum atomic E-state index is 12.7. The van der Waals surface area contributed by atoms with Gasteiger partial charge < -0.3 is 4.57 Å². The number of hydrogen-bond donors (Lipinski definition) is 0. The molecule has 22 heavy (non-hydrogen) atoms. The van der Waals surface area contributed by atoms with Crippen LogP contribution in [0.2, 0.25) is 0 Å². The summed E-state index contributed by atoms with van der Waals surface area (Å²) in [5.41, 5.74) is 3.04. The van der Waals surface area contributed by atoms with Crippen molar-refractivity contribution in [1.29, 1.82) is 0 Å². The van der Waals surface area contributed by atoms with E-state index in [9.17, 15) is 4.79 Å². The lowest BCUT2D eigenvalue weighted by Crippen LogP contribution is -2.11. The Morgan fingerprint density at radius 3 is 2.23 bits per heavy atom. The molecule has 3 heteroatoms. The first kappa shape index (κ1) is 14.7. The molecule has 0 unspecified atom stereocenters. The first-order valence-corrected chi connectivity index (χ1v) is 8.15. The normalized spacial score (nSPS) is 10.6. The molecule has 0 saturated carbocycles. The zero-order valence-electron chi connectivity index (χ0n) is 12.4. The van der Waals surface area contributed by atoms with Crippen LogP contribution in [-0.4, -0.2) is 4.57 Å². The second kappa shape index (κ2) is 6.67. The molecule has 0 aliphatic rings. The Labute approximate surface area is 134 Å². The van der Waals surface area contributed by atoms with E-state index in [0.717, 1.165) is 21.8 Å². The van der Waals surface area contributed by atoms with E-state index in [2.05, 4.69) is 12.1 Å². The Balaban J connectivity index is 1.92. The van der Waals surface area contributed by atoms with Gasteiger partial charge in [-0.05, 0) is 11.1 Å². The topological polar surface area (TPSA) is 22.0 Å². The number of benzene rings is 2. The van der Waals surface area contributed by atoms with Gasteiger partial charge in [0.1, 0.15) is 0 Å². The summed E-state index contributed by atoms with van der Waals surface area (Å²) in [5.74, 6) is 0.800. The van der Waals surface area contributed by atoms with Gasteiger partial charge >= 0.3 is 0 Å². The van der Waals surface area contributed by atoms with Crippen molar-refractivity contribution in [3.05, 3.63) is 88.8 Å². The lowest BCUT2D eigenvalue weighted by molar-refractivity contribution is 0.877. The first-order valence-electron chi connectivity index (χ1n) is 7.16. The smallest absolute Gasteiger partial charge is 0.202 e. The average Bonchev–Trinajstić information content (AvgIpc) is 2.57. The van der Waals surface area contributed by atoms with Gasteiger partial charge in [-0.15, -0.1) is 11.8 Å². The Morgan fingerprint density at radius 1 is 0.909 bits per heavy atom. The number of aromatic nitrogens is 1. The third-order valence-electron chi connectivity index (χ3n) is 3.44. The highest BCUT2D eigenvalue weighted by atomic mass is 32.2. The van der Waals surface area contributed by atoms with Gasteiger partial charge in [-0.25, -0.2) is 0 Å². The molecule has 0 fully saturated rings. The summed E-state index contributed by atoms with van der Waals surface area (Å²) >= 11 is 1.59. The lowest BCUT2D eigenvalue weighted by Gasteiger charge is -2.08. The molecular formula is C19H17NOS. The van der Waals surface area contributed by atoms with Crippen LogP contribution in [-0.2, 0) is 12.8 Å². The molecule has 3 aromatic rings. The summed E-state index contributed by atoms with van der Waals surface area (Å²) in [6.45, 7) is 0. The monoisotopic (exact) mass is 307 g/mol. The number of thioether (sulfide) groups is 1. The molecular weight excluding hydrogens is 290 g/mol. The largest absolute Gasteiger partial charge is 0.355 e. The van der Waals surface area contributed by atoms with Crippen LogP contribution in [0.5, 0.6) is 0 Å². The third-order valence-corrected chi connectivity index (χ3v) is 4.52. The van der Waals surface area contributed by atoms with Crippen molar-refractivity contribution in [3.8, 4) is 11.1 Å². The van der Waals surface area contributed by atoms with Crippen LogP contribution < -0.4 is 5.43 Å². The van der Waals surface area contributed by atoms with E-state index in [0.29, 0.717) is 0 Å². The minimum absolute atomic E-state index is 0.102. The molecule has 0 aliphatic heterocycles. The van der Waals surface area contributed by atoms with E-state index < -0.39 is 0 Å². The predicted molar refractivity (Wildman–Crippen MR) is 93.1 cm³/mol. The number of nitrogens with zero attached hydrogens (tertiary/aromatic N) is 1. The molecule has 0 saturated heterocycles. The van der Waals surface area contributed by atoms with Crippen molar-refractivity contribution in [2.75, 3.05) is 0 Å². The molecule has 0 radical (unpaired) electrons. The molecule has 0 amide bonds. The van der Waals surface area contributed by atoms with Gasteiger partial charge in [0.05, 0.1) is 4.90 Å². The number of pyridine rings is 1. The fraction of sp³-hybridized carbons (Fsp3) is 0.105. The van der Waals surface area contributed by atoms with Crippen LogP contribution in [0.25, 0.3) is 11.1 Å². The van der Waals surface area contributed by atoms with Crippen molar-refractivity contribution in [1.82, 2.24) is 4.57 Å². The Bertz CT molecular complexity index is 810. The van der Waals surface area contributed by atoms with Crippen LogP contribution in [0.3, 0.4) is 0 Å². The van der Waals surface area contributed by atoms with Gasteiger partial charge in [0.2, 0.25) is 5.43 Å². The summed E-state index contributed by atoms with van der Waals surface area (Å²) in [7, 11) is 1.96. The Morgan fingerprint density at radius 2 is 1.55 bits per heavy atom. The van der Waals surface area contributed by atoms with Crippen LogP contribution in [0, 0.1) is 0 Å². The molecule has 110 valence electrons. The standard InChI is InChI=1S/C19H17NOS/c1-20-12-17(16-10-6-3-7-11-16)19(21)18(13-20)22-14-15-8-4-2-5-9-15/h2-13H,14H2,1H3. The van der Waals surface area contributed by atoms with Crippen molar-refractivity contribution < 1.29 is 0 Å². The molecule has 2 nitrogen and oxygen atoms in total. The minimum Gasteiger partial charge on any atom is -0.355 e. The zero-order chi connectivity index (χ0) is 15.4. The first-order chi connectivity index (χ1) is 10.7. The van der Waals surface area contributed by atoms with E-state index in [1.165, 1.54) is 5.56 Å². The molecule has 2 aromatic carbocycles. The second-order valence-corrected chi connectivity index (χ2v) is 6.19. The van der Waals surface area contributed by atoms with E-state index in [1.807, 2.05) is 72.5 Å². The number of rotatable bonds is 4. The van der Waals surface area contributed by atoms with E-state index >= 15 is 0 Å². The van der Waals surface area contributed by atoms with Gasteiger partial charge in [-0.3, -0.25) is 4.79 Å². The zero-order valence-corrected chi connectivity index (χ0v) is 13.2. The van der Waals surface area contributed by atoms with E-state index in [-0.39, 0.29) is 5.43 Å². The molecule has 0 N–H and O–H groups in total. The molecule has 1 aromatic heterocycles. The van der Waals surface area contributed by atoms with Gasteiger partial charge in [-0.1, -0.05) is 60.7 Å². The number of hydrogen-bond acceptors (Lipinski definition) is 2. The van der Waals surface area contributed by atoms with E-state index in [4.69, 9.17) is 0 Å².